The number of aromatic amines is 1. The van der Waals surface area contributed by atoms with E-state index < -0.39 is 11.6 Å². The number of rotatable bonds is 3. The summed E-state index contributed by atoms with van der Waals surface area (Å²) in [6, 6.07) is 4.83. The predicted octanol–water partition coefficient (Wildman–Crippen LogP) is 2.75. The summed E-state index contributed by atoms with van der Waals surface area (Å²) in [5.74, 6) is -0.119. The fourth-order valence-electron chi connectivity index (χ4n) is 5.39. The topological polar surface area (TPSA) is 35.2 Å². The maximum absolute atomic E-state index is 13.8. The molecule has 0 radical (unpaired) electrons. The zero-order valence-electron chi connectivity index (χ0n) is 14.0. The number of hydrogen-bond acceptors (Lipinski definition) is 3. The highest BCUT2D eigenvalue weighted by atomic mass is 19.1. The second-order valence-corrected chi connectivity index (χ2v) is 7.67. The van der Waals surface area contributed by atoms with E-state index in [2.05, 4.69) is 19.8 Å². The molecule has 0 spiro atoms. The summed E-state index contributed by atoms with van der Waals surface area (Å²) in [5, 5.41) is 0. The molecular formula is C19H22F2N4. The average molecular weight is 344 g/mol. The fraction of sp³-hybridized carbons (Fsp3) is 0.526. The molecule has 25 heavy (non-hydrogen) atoms. The third-order valence-corrected chi connectivity index (χ3v) is 6.34. The lowest BCUT2D eigenvalue weighted by molar-refractivity contribution is -0.00897. The molecule has 5 heterocycles. The molecule has 2 aromatic rings. The Kier molecular flexibility index (Phi) is 3.64. The summed E-state index contributed by atoms with van der Waals surface area (Å²) in [5.41, 5.74) is 1.90. The van der Waals surface area contributed by atoms with Gasteiger partial charge in [0, 0.05) is 49.0 Å². The van der Waals surface area contributed by atoms with Gasteiger partial charge in [-0.05, 0) is 49.5 Å². The maximum atomic E-state index is 13.8. The molecule has 4 aliphatic rings. The van der Waals surface area contributed by atoms with Crippen LogP contribution >= 0.6 is 0 Å². The molecule has 1 aromatic carbocycles. The first-order valence-corrected chi connectivity index (χ1v) is 9.10. The number of H-pyrrole nitrogens is 1. The highest BCUT2D eigenvalue weighted by molar-refractivity contribution is 5.28. The Morgan fingerprint density at radius 3 is 2.52 bits per heavy atom. The molecule has 0 unspecified atom stereocenters. The van der Waals surface area contributed by atoms with Gasteiger partial charge in [-0.1, -0.05) is 0 Å². The highest BCUT2D eigenvalue weighted by Gasteiger charge is 2.53. The van der Waals surface area contributed by atoms with Gasteiger partial charge >= 0.3 is 0 Å². The second kappa shape index (κ2) is 5.88. The first kappa shape index (κ1) is 15.5. The minimum Gasteiger partial charge on any atom is -0.347 e. The van der Waals surface area contributed by atoms with Gasteiger partial charge in [-0.25, -0.2) is 13.8 Å². The molecule has 3 atom stereocenters. The van der Waals surface area contributed by atoms with Gasteiger partial charge < -0.3 is 4.98 Å². The first-order chi connectivity index (χ1) is 12.2. The van der Waals surface area contributed by atoms with Crippen molar-refractivity contribution in [1.29, 1.82) is 0 Å². The van der Waals surface area contributed by atoms with Gasteiger partial charge in [0.05, 0.1) is 6.33 Å². The lowest BCUT2D eigenvalue weighted by Crippen LogP contribution is -2.60. The lowest BCUT2D eigenvalue weighted by atomic mass is 9.75. The number of nitrogens with one attached hydrogen (secondary N) is 1. The quantitative estimate of drug-likeness (QED) is 0.930. The van der Waals surface area contributed by atoms with Crippen molar-refractivity contribution >= 4 is 0 Å². The molecular weight excluding hydrogens is 322 g/mol. The van der Waals surface area contributed by atoms with E-state index in [0.29, 0.717) is 18.0 Å². The fourth-order valence-corrected chi connectivity index (χ4v) is 5.39. The van der Waals surface area contributed by atoms with Crippen LogP contribution in [0, 0.1) is 17.6 Å². The van der Waals surface area contributed by atoms with E-state index in [9.17, 15) is 8.78 Å². The number of fused-ring (bicyclic) bond motifs is 2. The molecule has 1 N–H and O–H groups in total. The normalized spacial score (nSPS) is 34.4. The van der Waals surface area contributed by atoms with E-state index >= 15 is 0 Å². The van der Waals surface area contributed by atoms with Crippen LogP contribution in [0.4, 0.5) is 8.78 Å². The van der Waals surface area contributed by atoms with E-state index in [4.69, 9.17) is 0 Å². The van der Waals surface area contributed by atoms with Gasteiger partial charge in [0.2, 0.25) is 0 Å². The zero-order valence-corrected chi connectivity index (χ0v) is 14.0. The SMILES string of the molecule is Fc1cc(F)cc([C@@H]2CN(Cc3cnc[nH]3)[C@H]3C4CCN(CC4)[C@@H]23)c1. The third kappa shape index (κ3) is 2.59. The molecule has 4 nitrogen and oxygen atoms in total. The van der Waals surface area contributed by atoms with Crippen LogP contribution in [0.15, 0.2) is 30.7 Å². The number of aromatic nitrogens is 2. The van der Waals surface area contributed by atoms with Crippen molar-refractivity contribution in [3.05, 3.63) is 53.6 Å². The van der Waals surface area contributed by atoms with Crippen molar-refractivity contribution in [3.8, 4) is 0 Å². The van der Waals surface area contributed by atoms with Crippen molar-refractivity contribution < 1.29 is 8.78 Å². The monoisotopic (exact) mass is 344 g/mol. The smallest absolute Gasteiger partial charge is 0.126 e. The first-order valence-electron chi connectivity index (χ1n) is 9.10. The summed E-state index contributed by atoms with van der Waals surface area (Å²) in [6.45, 7) is 3.88. The van der Waals surface area contributed by atoms with Gasteiger partial charge in [0.25, 0.3) is 0 Å². The maximum Gasteiger partial charge on any atom is 0.126 e. The number of benzene rings is 1. The summed E-state index contributed by atoms with van der Waals surface area (Å²) >= 11 is 0. The van der Waals surface area contributed by atoms with Gasteiger partial charge in [0.1, 0.15) is 11.6 Å². The van der Waals surface area contributed by atoms with Crippen LogP contribution in [0.25, 0.3) is 0 Å². The number of nitrogens with zero attached hydrogens (tertiary/aromatic N) is 3. The zero-order chi connectivity index (χ0) is 17.0. The predicted molar refractivity (Wildman–Crippen MR) is 90.0 cm³/mol. The van der Waals surface area contributed by atoms with E-state index in [1.54, 1.807) is 6.33 Å². The van der Waals surface area contributed by atoms with Crippen LogP contribution in [0.3, 0.4) is 0 Å². The largest absolute Gasteiger partial charge is 0.347 e. The van der Waals surface area contributed by atoms with Gasteiger partial charge in [-0.3, -0.25) is 9.80 Å². The Bertz CT molecular complexity index is 735. The molecule has 4 saturated heterocycles. The highest BCUT2D eigenvalue weighted by Crippen LogP contribution is 2.47. The molecule has 4 fully saturated rings. The van der Waals surface area contributed by atoms with Gasteiger partial charge in [0.15, 0.2) is 0 Å². The third-order valence-electron chi connectivity index (χ3n) is 6.34. The molecule has 2 bridgehead atoms. The van der Waals surface area contributed by atoms with Gasteiger partial charge in [-0.2, -0.15) is 0 Å². The number of imidazole rings is 1. The van der Waals surface area contributed by atoms with E-state index in [0.717, 1.165) is 43.5 Å². The molecule has 4 aliphatic heterocycles. The Morgan fingerprint density at radius 2 is 1.84 bits per heavy atom. The van der Waals surface area contributed by atoms with Crippen molar-refractivity contribution in [2.45, 2.75) is 37.4 Å². The van der Waals surface area contributed by atoms with Crippen molar-refractivity contribution in [3.63, 3.8) is 0 Å². The molecule has 132 valence electrons. The van der Waals surface area contributed by atoms with Crippen LogP contribution in [0.2, 0.25) is 0 Å². The summed E-state index contributed by atoms with van der Waals surface area (Å²) in [4.78, 5) is 12.4. The minimum absolute atomic E-state index is 0.154. The lowest BCUT2D eigenvalue weighted by Gasteiger charge is -2.51. The minimum atomic E-state index is -0.477. The Balaban J connectivity index is 1.51. The molecule has 0 saturated carbocycles. The molecule has 0 aliphatic carbocycles. The van der Waals surface area contributed by atoms with Crippen LogP contribution < -0.4 is 0 Å². The van der Waals surface area contributed by atoms with Crippen LogP contribution in [0.1, 0.15) is 30.0 Å². The summed E-state index contributed by atoms with van der Waals surface area (Å²) < 4.78 is 27.6. The Labute approximate surface area is 145 Å². The molecule has 1 aromatic heterocycles. The standard InChI is InChI=1S/C19H22F2N4/c20-14-5-13(6-15(21)7-14)17-10-25(9-16-8-22-11-23-16)18-12-1-3-24(4-2-12)19(17)18/h5-8,11-12,17-19H,1-4,9-10H2,(H,22,23)/t17-,18-,19-/m0/s1. The van der Waals surface area contributed by atoms with Crippen LogP contribution in [0.5, 0.6) is 0 Å². The summed E-state index contributed by atoms with van der Waals surface area (Å²) in [6.07, 6.45) is 6.03. The molecule has 6 heteroatoms. The van der Waals surface area contributed by atoms with Crippen LogP contribution in [-0.2, 0) is 6.54 Å². The van der Waals surface area contributed by atoms with Gasteiger partial charge in [-0.15, -0.1) is 0 Å². The van der Waals surface area contributed by atoms with E-state index in [-0.39, 0.29) is 5.92 Å². The van der Waals surface area contributed by atoms with E-state index in [1.165, 1.54) is 25.0 Å². The molecule has 6 rings (SSSR count). The van der Waals surface area contributed by atoms with Crippen molar-refractivity contribution in [2.24, 2.45) is 5.92 Å². The van der Waals surface area contributed by atoms with Crippen LogP contribution in [-0.4, -0.2) is 51.5 Å². The van der Waals surface area contributed by atoms with E-state index in [1.807, 2.05) is 6.20 Å². The van der Waals surface area contributed by atoms with Crippen molar-refractivity contribution in [1.82, 2.24) is 19.8 Å². The Hall–Kier alpha value is -1.79. The van der Waals surface area contributed by atoms with Crippen molar-refractivity contribution in [2.75, 3.05) is 19.6 Å². The second-order valence-electron chi connectivity index (χ2n) is 7.67. The number of hydrogen-bond donors (Lipinski definition) is 1. The average Bonchev–Trinajstić information content (AvgIpc) is 3.24. The molecule has 0 amide bonds. The Morgan fingerprint density at radius 1 is 1.08 bits per heavy atom. The summed E-state index contributed by atoms with van der Waals surface area (Å²) in [7, 11) is 0. The number of likely N-dealkylation sites (tertiary alicyclic amines) is 1. The number of piperidine rings is 3. The number of halogens is 2.